The number of carbonyl (C=O) groups excluding carboxylic acids is 2. The van der Waals surface area contributed by atoms with Crippen LogP contribution in [0.3, 0.4) is 0 Å². The van der Waals surface area contributed by atoms with E-state index in [1.165, 1.54) is 0 Å². The SMILES string of the molecule is CCOC(=O)CCNC(=O)Nc1ccc(C(C)NC)cc1. The lowest BCUT2D eigenvalue weighted by atomic mass is 10.1. The van der Waals surface area contributed by atoms with Gasteiger partial charge in [-0.05, 0) is 38.6 Å². The summed E-state index contributed by atoms with van der Waals surface area (Å²) in [7, 11) is 1.90. The molecule has 0 saturated heterocycles. The predicted molar refractivity (Wildman–Crippen MR) is 82.2 cm³/mol. The van der Waals surface area contributed by atoms with Gasteiger partial charge in [-0.1, -0.05) is 12.1 Å². The molecule has 3 N–H and O–H groups in total. The summed E-state index contributed by atoms with van der Waals surface area (Å²) in [6.07, 6.45) is 0.167. The van der Waals surface area contributed by atoms with Gasteiger partial charge in [0.05, 0.1) is 13.0 Å². The largest absolute Gasteiger partial charge is 0.466 e. The zero-order valence-electron chi connectivity index (χ0n) is 12.7. The van der Waals surface area contributed by atoms with Crippen LogP contribution in [0.5, 0.6) is 0 Å². The van der Waals surface area contributed by atoms with Gasteiger partial charge in [0, 0.05) is 18.3 Å². The van der Waals surface area contributed by atoms with Crippen molar-refractivity contribution in [3.05, 3.63) is 29.8 Å². The third-order valence-corrected chi connectivity index (χ3v) is 3.02. The molecule has 2 amide bonds. The number of hydrogen-bond donors (Lipinski definition) is 3. The first-order valence-electron chi connectivity index (χ1n) is 7.04. The third kappa shape index (κ3) is 6.27. The Morgan fingerprint density at radius 2 is 1.90 bits per heavy atom. The van der Waals surface area contributed by atoms with Gasteiger partial charge in [-0.3, -0.25) is 4.79 Å². The molecule has 1 rings (SSSR count). The van der Waals surface area contributed by atoms with E-state index in [2.05, 4.69) is 22.9 Å². The molecule has 0 aliphatic rings. The van der Waals surface area contributed by atoms with Crippen molar-refractivity contribution < 1.29 is 14.3 Å². The Hall–Kier alpha value is -2.08. The Morgan fingerprint density at radius 1 is 1.24 bits per heavy atom. The van der Waals surface area contributed by atoms with Gasteiger partial charge in [-0.2, -0.15) is 0 Å². The second kappa shape index (κ2) is 8.97. The number of urea groups is 1. The van der Waals surface area contributed by atoms with E-state index < -0.39 is 0 Å². The summed E-state index contributed by atoms with van der Waals surface area (Å²) < 4.78 is 4.77. The maximum absolute atomic E-state index is 11.6. The van der Waals surface area contributed by atoms with Crippen LogP contribution in [0.15, 0.2) is 24.3 Å². The molecule has 0 aliphatic heterocycles. The first-order valence-corrected chi connectivity index (χ1v) is 7.04. The number of nitrogens with one attached hydrogen (secondary N) is 3. The number of esters is 1. The molecule has 21 heavy (non-hydrogen) atoms. The molecule has 6 heteroatoms. The number of hydrogen-bond acceptors (Lipinski definition) is 4. The van der Waals surface area contributed by atoms with E-state index in [9.17, 15) is 9.59 Å². The zero-order chi connectivity index (χ0) is 15.7. The molecular weight excluding hydrogens is 270 g/mol. The minimum Gasteiger partial charge on any atom is -0.466 e. The lowest BCUT2D eigenvalue weighted by molar-refractivity contribution is -0.142. The van der Waals surface area contributed by atoms with Crippen LogP contribution in [0.25, 0.3) is 0 Å². The highest BCUT2D eigenvalue weighted by Gasteiger charge is 2.06. The van der Waals surface area contributed by atoms with E-state index in [-0.39, 0.29) is 31.0 Å². The highest BCUT2D eigenvalue weighted by molar-refractivity contribution is 5.89. The van der Waals surface area contributed by atoms with E-state index in [0.29, 0.717) is 12.3 Å². The van der Waals surface area contributed by atoms with Crippen molar-refractivity contribution >= 4 is 17.7 Å². The van der Waals surface area contributed by atoms with Crippen LogP contribution in [-0.2, 0) is 9.53 Å². The number of benzene rings is 1. The lowest BCUT2D eigenvalue weighted by Crippen LogP contribution is -2.30. The predicted octanol–water partition coefficient (Wildman–Crippen LogP) is 2.04. The van der Waals surface area contributed by atoms with E-state index in [1.807, 2.05) is 31.3 Å². The van der Waals surface area contributed by atoms with Gasteiger partial charge >= 0.3 is 12.0 Å². The van der Waals surface area contributed by atoms with Gasteiger partial charge < -0.3 is 20.7 Å². The summed E-state index contributed by atoms with van der Waals surface area (Å²) in [5.74, 6) is -0.316. The van der Waals surface area contributed by atoms with Crippen LogP contribution >= 0.6 is 0 Å². The third-order valence-electron chi connectivity index (χ3n) is 3.02. The zero-order valence-corrected chi connectivity index (χ0v) is 12.7. The minimum absolute atomic E-state index is 0.167. The molecule has 0 spiro atoms. The maximum Gasteiger partial charge on any atom is 0.319 e. The van der Waals surface area contributed by atoms with Crippen LogP contribution in [0.1, 0.15) is 31.9 Å². The van der Waals surface area contributed by atoms with Crippen molar-refractivity contribution in [2.45, 2.75) is 26.3 Å². The maximum atomic E-state index is 11.6. The van der Waals surface area contributed by atoms with E-state index in [1.54, 1.807) is 6.92 Å². The molecule has 0 aliphatic carbocycles. The Kier molecular flexibility index (Phi) is 7.25. The molecule has 0 saturated carbocycles. The lowest BCUT2D eigenvalue weighted by Gasteiger charge is -2.12. The second-order valence-corrected chi connectivity index (χ2v) is 4.57. The fourth-order valence-electron chi connectivity index (χ4n) is 1.71. The van der Waals surface area contributed by atoms with Crippen molar-refractivity contribution in [2.75, 3.05) is 25.5 Å². The van der Waals surface area contributed by atoms with Crippen molar-refractivity contribution in [3.8, 4) is 0 Å². The molecule has 0 fully saturated rings. The highest BCUT2D eigenvalue weighted by atomic mass is 16.5. The van der Waals surface area contributed by atoms with Crippen LogP contribution in [0, 0.1) is 0 Å². The molecule has 1 aromatic carbocycles. The average Bonchev–Trinajstić information content (AvgIpc) is 2.47. The molecule has 1 atom stereocenters. The highest BCUT2D eigenvalue weighted by Crippen LogP contribution is 2.15. The Labute approximate surface area is 125 Å². The first-order chi connectivity index (χ1) is 10.1. The van der Waals surface area contributed by atoms with Crippen LogP contribution in [0.2, 0.25) is 0 Å². The minimum atomic E-state index is -0.339. The Balaban J connectivity index is 2.36. The quantitative estimate of drug-likeness (QED) is 0.672. The monoisotopic (exact) mass is 293 g/mol. The second-order valence-electron chi connectivity index (χ2n) is 4.57. The van der Waals surface area contributed by atoms with Gasteiger partial charge in [-0.25, -0.2) is 4.79 Å². The summed E-state index contributed by atoms with van der Waals surface area (Å²) in [5, 5.41) is 8.46. The topological polar surface area (TPSA) is 79.5 Å². The normalized spacial score (nSPS) is 11.6. The van der Waals surface area contributed by atoms with Crippen molar-refractivity contribution in [1.29, 1.82) is 0 Å². The summed E-state index contributed by atoms with van der Waals surface area (Å²) in [6.45, 7) is 4.41. The molecule has 0 bridgehead atoms. The number of amides is 2. The van der Waals surface area contributed by atoms with Crippen LogP contribution in [0.4, 0.5) is 10.5 Å². The molecule has 6 nitrogen and oxygen atoms in total. The molecular formula is C15H23N3O3. The molecule has 1 unspecified atom stereocenters. The number of ether oxygens (including phenoxy) is 1. The standard InChI is InChI=1S/C15H23N3O3/c1-4-21-14(19)9-10-17-15(20)18-13-7-5-12(6-8-13)11(2)16-3/h5-8,11,16H,4,9-10H2,1-3H3,(H2,17,18,20). The van der Waals surface area contributed by atoms with Gasteiger partial charge in [0.1, 0.15) is 0 Å². The smallest absolute Gasteiger partial charge is 0.319 e. The number of carbonyl (C=O) groups is 2. The first kappa shape index (κ1) is 17.0. The average molecular weight is 293 g/mol. The van der Waals surface area contributed by atoms with Crippen molar-refractivity contribution in [2.24, 2.45) is 0 Å². The van der Waals surface area contributed by atoms with Crippen LogP contribution < -0.4 is 16.0 Å². The van der Waals surface area contributed by atoms with Gasteiger partial charge in [-0.15, -0.1) is 0 Å². The van der Waals surface area contributed by atoms with Crippen molar-refractivity contribution in [3.63, 3.8) is 0 Å². The summed E-state index contributed by atoms with van der Waals surface area (Å²) >= 11 is 0. The summed E-state index contributed by atoms with van der Waals surface area (Å²) in [5.41, 5.74) is 1.85. The Bertz CT molecular complexity index is 460. The van der Waals surface area contributed by atoms with Gasteiger partial charge in [0.15, 0.2) is 0 Å². The van der Waals surface area contributed by atoms with E-state index in [4.69, 9.17) is 4.74 Å². The molecule has 116 valence electrons. The van der Waals surface area contributed by atoms with E-state index in [0.717, 1.165) is 5.56 Å². The molecule has 0 heterocycles. The summed E-state index contributed by atoms with van der Waals surface area (Å²) in [6, 6.07) is 7.51. The molecule has 0 radical (unpaired) electrons. The number of anilines is 1. The van der Waals surface area contributed by atoms with Gasteiger partial charge in [0.2, 0.25) is 0 Å². The summed E-state index contributed by atoms with van der Waals surface area (Å²) in [4.78, 5) is 22.8. The van der Waals surface area contributed by atoms with Gasteiger partial charge in [0.25, 0.3) is 0 Å². The fourth-order valence-corrected chi connectivity index (χ4v) is 1.71. The number of rotatable bonds is 7. The Morgan fingerprint density at radius 3 is 2.48 bits per heavy atom. The fraction of sp³-hybridized carbons (Fsp3) is 0.467. The molecule has 0 aromatic heterocycles. The van der Waals surface area contributed by atoms with Crippen LogP contribution in [-0.4, -0.2) is 32.2 Å². The molecule has 1 aromatic rings. The van der Waals surface area contributed by atoms with Crippen molar-refractivity contribution in [1.82, 2.24) is 10.6 Å². The van der Waals surface area contributed by atoms with E-state index >= 15 is 0 Å².